The number of benzene rings is 1. The van der Waals surface area contributed by atoms with E-state index in [-0.39, 0.29) is 0 Å². The maximum Gasteiger partial charge on any atom is 0.138 e. The van der Waals surface area contributed by atoms with Gasteiger partial charge in [-0.25, -0.2) is 0 Å². The minimum absolute atomic E-state index is 0.700. The molecular formula is C12H13NO2. The Bertz CT molecular complexity index is 391. The molecule has 1 aromatic carbocycles. The highest BCUT2D eigenvalue weighted by Crippen LogP contribution is 2.26. The molecule has 3 nitrogen and oxygen atoms in total. The lowest BCUT2D eigenvalue weighted by Gasteiger charge is -2.07. The number of aliphatic imine (C=N–C) groups is 1. The summed E-state index contributed by atoms with van der Waals surface area (Å²) in [5.74, 6) is 7.14. The summed E-state index contributed by atoms with van der Waals surface area (Å²) in [6, 6.07) is 5.54. The van der Waals surface area contributed by atoms with Gasteiger partial charge in [0.05, 0.1) is 20.4 Å². The van der Waals surface area contributed by atoms with Crippen molar-refractivity contribution in [2.45, 2.75) is 0 Å². The molecule has 0 radical (unpaired) electrons. The van der Waals surface area contributed by atoms with Crippen molar-refractivity contribution < 1.29 is 9.47 Å². The van der Waals surface area contributed by atoms with Crippen molar-refractivity contribution in [3.05, 3.63) is 23.8 Å². The van der Waals surface area contributed by atoms with Gasteiger partial charge in [-0.15, -0.1) is 0 Å². The fourth-order valence-electron chi connectivity index (χ4n) is 1.14. The fourth-order valence-corrected chi connectivity index (χ4v) is 1.14. The van der Waals surface area contributed by atoms with Gasteiger partial charge in [-0.05, 0) is 18.1 Å². The maximum atomic E-state index is 5.19. The number of rotatable bonds is 2. The molecule has 0 spiro atoms. The van der Waals surface area contributed by atoms with Crippen LogP contribution in [0.3, 0.4) is 0 Å². The Balaban J connectivity index is 3.18. The Labute approximate surface area is 89.7 Å². The Morgan fingerprint density at radius 2 is 1.80 bits per heavy atom. The van der Waals surface area contributed by atoms with Crippen molar-refractivity contribution in [3.8, 4) is 23.3 Å². The quantitative estimate of drug-likeness (QED) is 0.541. The minimum atomic E-state index is 0.700. The highest BCUT2D eigenvalue weighted by atomic mass is 16.5. The molecule has 0 heterocycles. The zero-order chi connectivity index (χ0) is 11.1. The van der Waals surface area contributed by atoms with Gasteiger partial charge in [-0.1, -0.05) is 12.0 Å². The van der Waals surface area contributed by atoms with E-state index in [1.807, 2.05) is 18.2 Å². The average molecular weight is 203 g/mol. The van der Waals surface area contributed by atoms with E-state index in [4.69, 9.17) is 9.47 Å². The summed E-state index contributed by atoms with van der Waals surface area (Å²) >= 11 is 0. The summed E-state index contributed by atoms with van der Waals surface area (Å²) in [5, 5.41) is 0. The van der Waals surface area contributed by atoms with E-state index in [0.29, 0.717) is 11.5 Å². The summed E-state index contributed by atoms with van der Waals surface area (Å²) in [6.07, 6.45) is 1.53. The summed E-state index contributed by atoms with van der Waals surface area (Å²) < 4.78 is 10.4. The molecule has 3 heteroatoms. The molecule has 0 aliphatic rings. The molecule has 0 atom stereocenters. The number of methoxy groups -OCH3 is 2. The van der Waals surface area contributed by atoms with Gasteiger partial charge >= 0.3 is 0 Å². The molecular weight excluding hydrogens is 190 g/mol. The molecule has 1 aromatic rings. The van der Waals surface area contributed by atoms with Crippen molar-refractivity contribution in [2.24, 2.45) is 4.99 Å². The zero-order valence-corrected chi connectivity index (χ0v) is 9.07. The Morgan fingerprint density at radius 1 is 1.20 bits per heavy atom. The first kappa shape index (κ1) is 11.1. The van der Waals surface area contributed by atoms with Crippen molar-refractivity contribution in [3.63, 3.8) is 0 Å². The van der Waals surface area contributed by atoms with Crippen LogP contribution < -0.4 is 9.47 Å². The number of nitrogens with zero attached hydrogens (tertiary/aromatic N) is 1. The van der Waals surface area contributed by atoms with Crippen molar-refractivity contribution >= 4 is 6.21 Å². The molecule has 0 saturated heterocycles. The van der Waals surface area contributed by atoms with Crippen LogP contribution in [0.1, 0.15) is 5.56 Å². The van der Waals surface area contributed by atoms with Gasteiger partial charge in [-0.3, -0.25) is 4.99 Å². The molecule has 0 aromatic heterocycles. The van der Waals surface area contributed by atoms with Gasteiger partial charge in [0, 0.05) is 7.05 Å². The van der Waals surface area contributed by atoms with Crippen LogP contribution in [0.5, 0.6) is 11.5 Å². The second kappa shape index (κ2) is 5.71. The SMILES string of the molecule is CN=CC#Cc1c(OC)cccc1OC. The van der Waals surface area contributed by atoms with Gasteiger partial charge in [-0.2, -0.15) is 0 Å². The van der Waals surface area contributed by atoms with Gasteiger partial charge in [0.1, 0.15) is 17.1 Å². The smallest absolute Gasteiger partial charge is 0.138 e. The van der Waals surface area contributed by atoms with Gasteiger partial charge in [0.15, 0.2) is 0 Å². The molecule has 0 saturated carbocycles. The van der Waals surface area contributed by atoms with Crippen LogP contribution in [-0.4, -0.2) is 27.5 Å². The van der Waals surface area contributed by atoms with Crippen molar-refractivity contribution in [1.82, 2.24) is 0 Å². The van der Waals surface area contributed by atoms with Crippen LogP contribution in [0.15, 0.2) is 23.2 Å². The summed E-state index contributed by atoms with van der Waals surface area (Å²) in [4.78, 5) is 3.78. The van der Waals surface area contributed by atoms with Crippen LogP contribution in [0.4, 0.5) is 0 Å². The third-order valence-electron chi connectivity index (χ3n) is 1.82. The monoisotopic (exact) mass is 203 g/mol. The summed E-state index contributed by atoms with van der Waals surface area (Å²) in [6.45, 7) is 0. The van der Waals surface area contributed by atoms with Crippen LogP contribution in [0.2, 0.25) is 0 Å². The normalized spacial score (nSPS) is 9.53. The topological polar surface area (TPSA) is 30.8 Å². The standard InChI is InChI=1S/C12H13NO2/c1-13-9-5-6-10-11(14-2)7-4-8-12(10)15-3/h4,7-9H,1-3H3. The molecule has 0 aliphatic heterocycles. The van der Waals surface area contributed by atoms with Gasteiger partial charge < -0.3 is 9.47 Å². The van der Waals surface area contributed by atoms with Gasteiger partial charge in [0.2, 0.25) is 0 Å². The number of hydrogen-bond acceptors (Lipinski definition) is 3. The lowest BCUT2D eigenvalue weighted by atomic mass is 10.2. The molecule has 78 valence electrons. The fraction of sp³-hybridized carbons (Fsp3) is 0.250. The highest BCUT2D eigenvalue weighted by molar-refractivity contribution is 5.80. The van der Waals surface area contributed by atoms with E-state index in [2.05, 4.69) is 16.8 Å². The van der Waals surface area contributed by atoms with E-state index in [1.54, 1.807) is 21.3 Å². The maximum absolute atomic E-state index is 5.19. The van der Waals surface area contributed by atoms with E-state index in [1.165, 1.54) is 6.21 Å². The molecule has 0 aliphatic carbocycles. The largest absolute Gasteiger partial charge is 0.495 e. The first-order valence-electron chi connectivity index (χ1n) is 4.46. The second-order valence-electron chi connectivity index (χ2n) is 2.69. The van der Waals surface area contributed by atoms with Crippen LogP contribution >= 0.6 is 0 Å². The molecule has 0 fully saturated rings. The van der Waals surface area contributed by atoms with Gasteiger partial charge in [0.25, 0.3) is 0 Å². The second-order valence-corrected chi connectivity index (χ2v) is 2.69. The van der Waals surface area contributed by atoms with Crippen LogP contribution in [0, 0.1) is 11.8 Å². The number of hydrogen-bond donors (Lipinski definition) is 0. The molecule has 0 amide bonds. The molecule has 0 bridgehead atoms. The first-order valence-corrected chi connectivity index (χ1v) is 4.46. The van der Waals surface area contributed by atoms with E-state index in [0.717, 1.165) is 5.56 Å². The Kier molecular flexibility index (Phi) is 4.24. The highest BCUT2D eigenvalue weighted by Gasteiger charge is 2.05. The zero-order valence-electron chi connectivity index (χ0n) is 9.07. The predicted octanol–water partition coefficient (Wildman–Crippen LogP) is 1.76. The molecule has 1 rings (SSSR count). The number of ether oxygens (including phenoxy) is 2. The van der Waals surface area contributed by atoms with E-state index in [9.17, 15) is 0 Å². The summed E-state index contributed by atoms with van der Waals surface area (Å²) in [7, 11) is 4.88. The third-order valence-corrected chi connectivity index (χ3v) is 1.82. The van der Waals surface area contributed by atoms with Crippen molar-refractivity contribution in [2.75, 3.05) is 21.3 Å². The Morgan fingerprint density at radius 3 is 2.27 bits per heavy atom. The molecule has 0 N–H and O–H groups in total. The van der Waals surface area contributed by atoms with E-state index >= 15 is 0 Å². The first-order chi connectivity index (χ1) is 7.33. The third kappa shape index (κ3) is 2.75. The van der Waals surface area contributed by atoms with Crippen molar-refractivity contribution in [1.29, 1.82) is 0 Å². The Hall–Kier alpha value is -1.95. The molecule has 15 heavy (non-hydrogen) atoms. The predicted molar refractivity (Wildman–Crippen MR) is 60.8 cm³/mol. The lowest BCUT2D eigenvalue weighted by molar-refractivity contribution is 0.392. The van der Waals surface area contributed by atoms with E-state index < -0.39 is 0 Å². The lowest BCUT2D eigenvalue weighted by Crippen LogP contribution is -1.92. The minimum Gasteiger partial charge on any atom is -0.495 e. The van der Waals surface area contributed by atoms with Crippen LogP contribution in [-0.2, 0) is 0 Å². The van der Waals surface area contributed by atoms with Crippen LogP contribution in [0.25, 0.3) is 0 Å². The summed E-state index contributed by atoms with van der Waals surface area (Å²) in [5.41, 5.74) is 0.738. The average Bonchev–Trinajstić information content (AvgIpc) is 2.29. The molecule has 0 unspecified atom stereocenters.